The van der Waals surface area contributed by atoms with E-state index in [0.717, 1.165) is 18.7 Å². The van der Waals surface area contributed by atoms with Crippen LogP contribution in [-0.4, -0.2) is 17.4 Å². The van der Waals surface area contributed by atoms with Crippen molar-refractivity contribution < 1.29 is 9.18 Å². The van der Waals surface area contributed by atoms with Crippen LogP contribution in [0.25, 0.3) is 0 Å². The molecular formula is C15H18FN3OS. The summed E-state index contributed by atoms with van der Waals surface area (Å²) in [4.78, 5) is 16.4. The summed E-state index contributed by atoms with van der Waals surface area (Å²) >= 11 is 1.36. The van der Waals surface area contributed by atoms with E-state index in [9.17, 15) is 9.18 Å². The summed E-state index contributed by atoms with van der Waals surface area (Å²) in [6.07, 6.45) is 1.05. The first-order valence-corrected chi connectivity index (χ1v) is 7.74. The fourth-order valence-electron chi connectivity index (χ4n) is 1.81. The number of aromatic nitrogens is 1. The maximum atomic E-state index is 13.1. The van der Waals surface area contributed by atoms with Gasteiger partial charge in [-0.15, -0.1) is 11.3 Å². The van der Waals surface area contributed by atoms with Crippen molar-refractivity contribution in [3.63, 3.8) is 0 Å². The highest BCUT2D eigenvalue weighted by atomic mass is 32.1. The van der Waals surface area contributed by atoms with Crippen molar-refractivity contribution >= 4 is 22.4 Å². The van der Waals surface area contributed by atoms with Crippen LogP contribution in [0.5, 0.6) is 0 Å². The van der Waals surface area contributed by atoms with Gasteiger partial charge < -0.3 is 5.32 Å². The number of amides is 1. The van der Waals surface area contributed by atoms with Crippen LogP contribution < -0.4 is 10.6 Å². The molecule has 4 nitrogen and oxygen atoms in total. The van der Waals surface area contributed by atoms with E-state index in [1.807, 2.05) is 12.3 Å². The number of anilines is 1. The molecule has 0 spiro atoms. The van der Waals surface area contributed by atoms with Crippen LogP contribution >= 0.6 is 11.3 Å². The predicted molar refractivity (Wildman–Crippen MR) is 83.2 cm³/mol. The van der Waals surface area contributed by atoms with Gasteiger partial charge in [-0.05, 0) is 38.1 Å². The van der Waals surface area contributed by atoms with E-state index in [1.165, 1.54) is 29.5 Å². The number of rotatable bonds is 6. The normalized spacial score (nSPS) is 12.1. The van der Waals surface area contributed by atoms with Crippen LogP contribution in [0, 0.1) is 5.82 Å². The van der Waals surface area contributed by atoms with Crippen LogP contribution in [0.4, 0.5) is 9.52 Å². The van der Waals surface area contributed by atoms with Crippen LogP contribution in [0.3, 0.4) is 0 Å². The number of nitrogens with one attached hydrogen (secondary N) is 2. The molecule has 1 aromatic heterocycles. The zero-order valence-electron chi connectivity index (χ0n) is 12.0. The molecule has 6 heteroatoms. The third-order valence-electron chi connectivity index (χ3n) is 2.97. The third kappa shape index (κ3) is 4.34. The van der Waals surface area contributed by atoms with Crippen molar-refractivity contribution in [2.24, 2.45) is 0 Å². The summed E-state index contributed by atoms with van der Waals surface area (Å²) in [6.45, 7) is 5.05. The smallest absolute Gasteiger partial charge is 0.257 e. The monoisotopic (exact) mass is 307 g/mol. The van der Waals surface area contributed by atoms with E-state index in [4.69, 9.17) is 0 Å². The quantitative estimate of drug-likeness (QED) is 0.857. The standard InChI is InChI=1S/C15H18FN3OS/c1-3-7-17-10(2)13-9-21-15(18-13)19-14(20)11-5-4-6-12(16)8-11/h4-6,8-10,17H,3,7H2,1-2H3,(H,18,19,20). The van der Waals surface area contributed by atoms with Gasteiger partial charge in [-0.25, -0.2) is 9.37 Å². The Morgan fingerprint density at radius 1 is 1.48 bits per heavy atom. The molecule has 1 unspecified atom stereocenters. The van der Waals surface area contributed by atoms with E-state index < -0.39 is 5.82 Å². The average molecular weight is 307 g/mol. The Balaban J connectivity index is 2.00. The van der Waals surface area contributed by atoms with Crippen LogP contribution in [0.15, 0.2) is 29.6 Å². The van der Waals surface area contributed by atoms with Gasteiger partial charge in [0.2, 0.25) is 0 Å². The van der Waals surface area contributed by atoms with Gasteiger partial charge in [0, 0.05) is 17.0 Å². The number of nitrogens with zero attached hydrogens (tertiary/aromatic N) is 1. The Bertz CT molecular complexity index is 614. The lowest BCUT2D eigenvalue weighted by atomic mass is 10.2. The van der Waals surface area contributed by atoms with Gasteiger partial charge in [-0.3, -0.25) is 10.1 Å². The molecule has 112 valence electrons. The maximum absolute atomic E-state index is 13.1. The fourth-order valence-corrected chi connectivity index (χ4v) is 2.61. The van der Waals surface area contributed by atoms with Gasteiger partial charge in [0.25, 0.3) is 5.91 Å². The molecule has 0 saturated heterocycles. The topological polar surface area (TPSA) is 54.0 Å². The maximum Gasteiger partial charge on any atom is 0.257 e. The van der Waals surface area contributed by atoms with Gasteiger partial charge in [0.15, 0.2) is 5.13 Å². The average Bonchev–Trinajstić information content (AvgIpc) is 2.93. The van der Waals surface area contributed by atoms with Gasteiger partial charge >= 0.3 is 0 Å². The lowest BCUT2D eigenvalue weighted by molar-refractivity contribution is 0.102. The Kier molecular flexibility index (Phi) is 5.41. The second-order valence-electron chi connectivity index (χ2n) is 4.72. The molecule has 0 aliphatic heterocycles. The minimum Gasteiger partial charge on any atom is -0.309 e. The van der Waals surface area contributed by atoms with Crippen LogP contribution in [0.1, 0.15) is 42.4 Å². The molecular weight excluding hydrogens is 289 g/mol. The van der Waals surface area contributed by atoms with E-state index in [1.54, 1.807) is 6.07 Å². The van der Waals surface area contributed by atoms with Crippen molar-refractivity contribution in [1.82, 2.24) is 10.3 Å². The highest BCUT2D eigenvalue weighted by Crippen LogP contribution is 2.21. The summed E-state index contributed by atoms with van der Waals surface area (Å²) in [6, 6.07) is 5.72. The molecule has 1 heterocycles. The van der Waals surface area contributed by atoms with Crippen molar-refractivity contribution in [2.75, 3.05) is 11.9 Å². The molecule has 1 aromatic carbocycles. The molecule has 0 aliphatic rings. The van der Waals surface area contributed by atoms with Crippen LogP contribution in [-0.2, 0) is 0 Å². The Labute approximate surface area is 127 Å². The molecule has 0 fully saturated rings. The van der Waals surface area contributed by atoms with E-state index in [0.29, 0.717) is 5.13 Å². The number of thiazole rings is 1. The molecule has 0 bridgehead atoms. The second kappa shape index (κ2) is 7.28. The summed E-state index contributed by atoms with van der Waals surface area (Å²) < 4.78 is 13.1. The number of halogens is 1. The summed E-state index contributed by atoms with van der Waals surface area (Å²) in [5.41, 5.74) is 1.17. The Morgan fingerprint density at radius 2 is 2.29 bits per heavy atom. The van der Waals surface area contributed by atoms with E-state index in [2.05, 4.69) is 22.5 Å². The Morgan fingerprint density at radius 3 is 3.00 bits per heavy atom. The first-order valence-electron chi connectivity index (χ1n) is 6.86. The van der Waals surface area contributed by atoms with Crippen molar-refractivity contribution in [2.45, 2.75) is 26.3 Å². The molecule has 2 aromatic rings. The minimum absolute atomic E-state index is 0.140. The van der Waals surface area contributed by atoms with Gasteiger partial charge in [-0.2, -0.15) is 0 Å². The molecule has 2 rings (SSSR count). The number of benzene rings is 1. The van der Waals surface area contributed by atoms with Crippen molar-refractivity contribution in [3.05, 3.63) is 46.7 Å². The molecule has 0 aliphatic carbocycles. The Hall–Kier alpha value is -1.79. The summed E-state index contributed by atoms with van der Waals surface area (Å²) in [7, 11) is 0. The zero-order valence-corrected chi connectivity index (χ0v) is 12.8. The highest BCUT2D eigenvalue weighted by Gasteiger charge is 2.12. The molecule has 0 saturated carbocycles. The zero-order chi connectivity index (χ0) is 15.2. The SMILES string of the molecule is CCCNC(C)c1csc(NC(=O)c2cccc(F)c2)n1. The van der Waals surface area contributed by atoms with Gasteiger partial charge in [0.1, 0.15) is 5.82 Å². The summed E-state index contributed by atoms with van der Waals surface area (Å²) in [5.74, 6) is -0.788. The molecule has 2 N–H and O–H groups in total. The molecule has 21 heavy (non-hydrogen) atoms. The largest absolute Gasteiger partial charge is 0.309 e. The second-order valence-corrected chi connectivity index (χ2v) is 5.58. The van der Waals surface area contributed by atoms with Crippen LogP contribution in [0.2, 0.25) is 0 Å². The first-order chi connectivity index (χ1) is 10.1. The number of carbonyl (C=O) groups excluding carboxylic acids is 1. The molecule has 0 radical (unpaired) electrons. The van der Waals surface area contributed by atoms with E-state index in [-0.39, 0.29) is 17.5 Å². The summed E-state index contributed by atoms with van der Waals surface area (Å²) in [5, 5.41) is 8.46. The highest BCUT2D eigenvalue weighted by molar-refractivity contribution is 7.14. The molecule has 1 amide bonds. The first kappa shape index (κ1) is 15.6. The molecule has 1 atom stereocenters. The van der Waals surface area contributed by atoms with Crippen molar-refractivity contribution in [1.29, 1.82) is 0 Å². The lowest BCUT2D eigenvalue weighted by Crippen LogP contribution is -2.19. The third-order valence-corrected chi connectivity index (χ3v) is 3.75. The number of carbonyl (C=O) groups is 1. The fraction of sp³-hybridized carbons (Fsp3) is 0.333. The lowest BCUT2D eigenvalue weighted by Gasteiger charge is -2.09. The van der Waals surface area contributed by atoms with E-state index >= 15 is 0 Å². The minimum atomic E-state index is -0.431. The van der Waals surface area contributed by atoms with Gasteiger partial charge in [-0.1, -0.05) is 13.0 Å². The predicted octanol–water partition coefficient (Wildman–Crippen LogP) is 3.60. The number of hydrogen-bond acceptors (Lipinski definition) is 4. The number of hydrogen-bond donors (Lipinski definition) is 2. The van der Waals surface area contributed by atoms with Gasteiger partial charge in [0.05, 0.1) is 5.69 Å². The van der Waals surface area contributed by atoms with Crippen molar-refractivity contribution in [3.8, 4) is 0 Å².